The van der Waals surface area contributed by atoms with E-state index in [1.54, 1.807) is 6.08 Å². The lowest BCUT2D eigenvalue weighted by molar-refractivity contribution is 0.537. The summed E-state index contributed by atoms with van der Waals surface area (Å²) in [4.78, 5) is 5.02. The van der Waals surface area contributed by atoms with Gasteiger partial charge in [-0.05, 0) is 62.3 Å². The first-order chi connectivity index (χ1) is 15.8. The first-order valence-electron chi connectivity index (χ1n) is 12.0. The predicted molar refractivity (Wildman–Crippen MR) is 137 cm³/mol. The Morgan fingerprint density at radius 2 is 1.44 bits per heavy atom. The summed E-state index contributed by atoms with van der Waals surface area (Å²) in [7, 11) is 0. The Bertz CT molecular complexity index is 1120. The Balaban J connectivity index is 0.000000775. The molecule has 1 aromatic heterocycles. The molecule has 4 aromatic rings. The normalized spacial score (nSPS) is 13.7. The van der Waals surface area contributed by atoms with E-state index in [4.69, 9.17) is 4.98 Å². The molecule has 1 fully saturated rings. The van der Waals surface area contributed by atoms with E-state index >= 15 is 0 Å². The highest BCUT2D eigenvalue weighted by atomic mass is 15.1. The van der Waals surface area contributed by atoms with E-state index in [2.05, 4.69) is 90.0 Å². The van der Waals surface area contributed by atoms with Crippen LogP contribution in [0.15, 0.2) is 91.5 Å². The number of aromatic nitrogens is 2. The summed E-state index contributed by atoms with van der Waals surface area (Å²) in [5.74, 6) is 1.13. The van der Waals surface area contributed by atoms with Gasteiger partial charge in [-0.2, -0.15) is 0 Å². The number of aryl methyl sites for hydroxylation is 2. The molecular formula is C30H34N2. The summed E-state index contributed by atoms with van der Waals surface area (Å²) in [5.41, 5.74) is 6.46. The second-order valence-corrected chi connectivity index (χ2v) is 8.68. The highest BCUT2D eigenvalue weighted by molar-refractivity contribution is 5.81. The summed E-state index contributed by atoms with van der Waals surface area (Å²) in [6.45, 7) is 5.25. The topological polar surface area (TPSA) is 17.8 Å². The van der Waals surface area contributed by atoms with Gasteiger partial charge >= 0.3 is 0 Å². The van der Waals surface area contributed by atoms with Gasteiger partial charge in [-0.25, -0.2) is 4.98 Å². The fraction of sp³-hybridized carbons (Fsp3) is 0.300. The zero-order chi connectivity index (χ0) is 22.2. The van der Waals surface area contributed by atoms with Crippen LogP contribution in [0, 0.1) is 0 Å². The van der Waals surface area contributed by atoms with Crippen LogP contribution in [0.25, 0.3) is 22.4 Å². The zero-order valence-electron chi connectivity index (χ0n) is 19.2. The third kappa shape index (κ3) is 5.19. The molecule has 2 heteroatoms. The third-order valence-electron chi connectivity index (χ3n) is 6.27. The highest BCUT2D eigenvalue weighted by Gasteiger charge is 2.23. The number of para-hydroxylation sites is 2. The highest BCUT2D eigenvalue weighted by Crippen LogP contribution is 2.36. The molecule has 0 amide bonds. The molecule has 2 nitrogen and oxygen atoms in total. The van der Waals surface area contributed by atoms with E-state index in [1.807, 2.05) is 6.92 Å². The summed E-state index contributed by atoms with van der Waals surface area (Å²) >= 11 is 0. The van der Waals surface area contributed by atoms with Crippen LogP contribution in [0.3, 0.4) is 0 Å². The molecule has 32 heavy (non-hydrogen) atoms. The molecule has 1 heterocycles. The van der Waals surface area contributed by atoms with Crippen molar-refractivity contribution < 1.29 is 0 Å². The van der Waals surface area contributed by atoms with Gasteiger partial charge in [0.15, 0.2) is 0 Å². The minimum absolute atomic E-state index is 0.586. The maximum atomic E-state index is 5.02. The van der Waals surface area contributed by atoms with Gasteiger partial charge in [0.1, 0.15) is 5.82 Å². The molecule has 0 saturated heterocycles. The molecule has 0 N–H and O–H groups in total. The van der Waals surface area contributed by atoms with Crippen LogP contribution >= 0.6 is 0 Å². The van der Waals surface area contributed by atoms with E-state index in [-0.39, 0.29) is 0 Å². The first-order valence-corrected chi connectivity index (χ1v) is 12.0. The summed E-state index contributed by atoms with van der Waals surface area (Å²) < 4.78 is 2.51. The maximum Gasteiger partial charge on any atom is 0.141 e. The van der Waals surface area contributed by atoms with Crippen molar-refractivity contribution in [3.05, 3.63) is 103 Å². The van der Waals surface area contributed by atoms with Gasteiger partial charge in [0.2, 0.25) is 0 Å². The van der Waals surface area contributed by atoms with Gasteiger partial charge in [-0.1, -0.05) is 85.6 Å². The van der Waals surface area contributed by atoms with Crippen molar-refractivity contribution in [3.63, 3.8) is 0 Å². The van der Waals surface area contributed by atoms with Crippen molar-refractivity contribution in [2.24, 2.45) is 0 Å². The van der Waals surface area contributed by atoms with Gasteiger partial charge in [0.05, 0.1) is 11.0 Å². The van der Waals surface area contributed by atoms with Crippen molar-refractivity contribution >= 4 is 11.0 Å². The smallest absolute Gasteiger partial charge is 0.141 e. The fourth-order valence-corrected chi connectivity index (χ4v) is 4.74. The molecule has 3 aromatic carbocycles. The van der Waals surface area contributed by atoms with Crippen molar-refractivity contribution in [3.8, 4) is 11.4 Å². The van der Waals surface area contributed by atoms with E-state index in [1.165, 1.54) is 54.3 Å². The number of nitrogens with zero attached hydrogens (tertiary/aromatic N) is 2. The van der Waals surface area contributed by atoms with E-state index in [9.17, 15) is 0 Å². The summed E-state index contributed by atoms with van der Waals surface area (Å²) in [6.07, 6.45) is 10.4. The number of imidazole rings is 1. The molecule has 0 unspecified atom stereocenters. The van der Waals surface area contributed by atoms with Crippen molar-refractivity contribution in [1.29, 1.82) is 0 Å². The van der Waals surface area contributed by atoms with Gasteiger partial charge in [0, 0.05) is 11.6 Å². The monoisotopic (exact) mass is 422 g/mol. The number of hydrogen-bond acceptors (Lipinski definition) is 1. The van der Waals surface area contributed by atoms with Crippen LogP contribution in [0.1, 0.15) is 56.2 Å². The number of hydrogen-bond donors (Lipinski definition) is 0. The van der Waals surface area contributed by atoms with Gasteiger partial charge in [-0.15, -0.1) is 6.58 Å². The van der Waals surface area contributed by atoms with Crippen molar-refractivity contribution in [1.82, 2.24) is 9.55 Å². The number of fused-ring (bicyclic) bond motifs is 1. The Morgan fingerprint density at radius 3 is 2.12 bits per heavy atom. The molecule has 0 atom stereocenters. The number of benzene rings is 3. The second-order valence-electron chi connectivity index (χ2n) is 8.68. The van der Waals surface area contributed by atoms with Crippen molar-refractivity contribution in [2.45, 2.75) is 57.9 Å². The lowest BCUT2D eigenvalue weighted by atomic mass is 10.0. The van der Waals surface area contributed by atoms with Gasteiger partial charge < -0.3 is 4.57 Å². The molecule has 0 radical (unpaired) electrons. The van der Waals surface area contributed by atoms with Gasteiger partial charge in [0.25, 0.3) is 0 Å². The quantitative estimate of drug-likeness (QED) is 0.286. The average molecular weight is 423 g/mol. The maximum absolute atomic E-state index is 5.02. The summed E-state index contributed by atoms with van der Waals surface area (Å²) in [6, 6.07) is 29.1. The summed E-state index contributed by atoms with van der Waals surface area (Å²) in [5, 5.41) is 0. The van der Waals surface area contributed by atoms with Crippen LogP contribution < -0.4 is 0 Å². The molecule has 1 saturated carbocycles. The zero-order valence-corrected chi connectivity index (χ0v) is 19.2. The van der Waals surface area contributed by atoms with Gasteiger partial charge in [-0.3, -0.25) is 0 Å². The standard InChI is InChI=1S/C27H28N2.C3H6/c1-2-9-21(10-3-1)11-8-12-22-17-19-23(20-18-22)27-28-25-15-6-7-16-26(25)29(27)24-13-4-5-14-24;1-3-2/h1-3,6-7,9-10,15-20,24H,4-5,8,11-14H2;3H,1H2,2H3. The SMILES string of the molecule is C=CC.c1ccc(CCCc2ccc(-c3nc4ccccc4n3C3CCCC3)cc2)cc1. The predicted octanol–water partition coefficient (Wildman–Crippen LogP) is 8.19. The molecule has 164 valence electrons. The molecule has 1 aliphatic rings. The lowest BCUT2D eigenvalue weighted by Gasteiger charge is -2.16. The van der Waals surface area contributed by atoms with Crippen LogP contribution in [0.5, 0.6) is 0 Å². The third-order valence-corrected chi connectivity index (χ3v) is 6.27. The number of rotatable bonds is 6. The first kappa shape index (κ1) is 22.1. The van der Waals surface area contributed by atoms with E-state index in [0.29, 0.717) is 6.04 Å². The molecule has 0 spiro atoms. The Kier molecular flexibility index (Phi) is 7.55. The lowest BCUT2D eigenvalue weighted by Crippen LogP contribution is -2.06. The molecule has 0 bridgehead atoms. The van der Waals surface area contributed by atoms with Crippen LogP contribution in [0.2, 0.25) is 0 Å². The fourth-order valence-electron chi connectivity index (χ4n) is 4.74. The Labute approximate surface area is 192 Å². The van der Waals surface area contributed by atoms with Crippen LogP contribution in [-0.4, -0.2) is 9.55 Å². The van der Waals surface area contributed by atoms with E-state index < -0.39 is 0 Å². The average Bonchev–Trinajstić information content (AvgIpc) is 3.48. The van der Waals surface area contributed by atoms with Crippen LogP contribution in [-0.2, 0) is 12.8 Å². The molecular weight excluding hydrogens is 388 g/mol. The Hall–Kier alpha value is -3.13. The Morgan fingerprint density at radius 1 is 0.844 bits per heavy atom. The molecule has 0 aliphatic heterocycles. The van der Waals surface area contributed by atoms with E-state index in [0.717, 1.165) is 24.2 Å². The minimum atomic E-state index is 0.586. The second kappa shape index (κ2) is 10.9. The molecule has 5 rings (SSSR count). The minimum Gasteiger partial charge on any atom is -0.321 e. The van der Waals surface area contributed by atoms with Crippen LogP contribution in [0.4, 0.5) is 0 Å². The molecule has 1 aliphatic carbocycles. The van der Waals surface area contributed by atoms with Crippen molar-refractivity contribution in [2.75, 3.05) is 0 Å². The number of allylic oxidation sites excluding steroid dienone is 1. The largest absolute Gasteiger partial charge is 0.321 e.